The molecule has 2 heterocycles. The third kappa shape index (κ3) is 1.22. The molecule has 3 rings (SSSR count). The summed E-state index contributed by atoms with van der Waals surface area (Å²) >= 11 is 0. The lowest BCUT2D eigenvalue weighted by atomic mass is 9.83. The van der Waals surface area contributed by atoms with Gasteiger partial charge in [-0.3, -0.25) is 14.4 Å². The standard InChI is InChI=1S/C13H10N2O4/c1-6(16)9-10(17)11(18)15-13(9)7-4-2-3-5-8(7)14-12(13)19/h2-5,17H,1H3,(H,14,19)(H,15,18). The molecule has 0 radical (unpaired) electrons. The molecule has 0 aliphatic carbocycles. The van der Waals surface area contributed by atoms with Crippen LogP contribution in [0.4, 0.5) is 5.69 Å². The van der Waals surface area contributed by atoms with Crippen molar-refractivity contribution in [1.82, 2.24) is 5.32 Å². The molecule has 1 unspecified atom stereocenters. The summed E-state index contributed by atoms with van der Waals surface area (Å²) in [6.07, 6.45) is 0. The van der Waals surface area contributed by atoms with Gasteiger partial charge < -0.3 is 15.7 Å². The van der Waals surface area contributed by atoms with E-state index in [1.807, 2.05) is 0 Å². The van der Waals surface area contributed by atoms with Crippen molar-refractivity contribution in [3.05, 3.63) is 41.2 Å². The van der Waals surface area contributed by atoms with Crippen molar-refractivity contribution in [2.45, 2.75) is 12.5 Å². The smallest absolute Gasteiger partial charge is 0.288 e. The van der Waals surface area contributed by atoms with E-state index in [1.165, 1.54) is 6.92 Å². The zero-order valence-corrected chi connectivity index (χ0v) is 9.98. The highest BCUT2D eigenvalue weighted by Crippen LogP contribution is 2.44. The number of fused-ring (bicyclic) bond motifs is 2. The van der Waals surface area contributed by atoms with E-state index >= 15 is 0 Å². The number of para-hydroxylation sites is 1. The third-order valence-electron chi connectivity index (χ3n) is 3.40. The molecular formula is C13H10N2O4. The van der Waals surface area contributed by atoms with E-state index in [4.69, 9.17) is 0 Å². The Hall–Kier alpha value is -2.63. The number of rotatable bonds is 1. The van der Waals surface area contributed by atoms with Crippen LogP contribution in [-0.2, 0) is 19.9 Å². The van der Waals surface area contributed by atoms with Crippen molar-refractivity contribution in [3.8, 4) is 0 Å². The average Bonchev–Trinajstić information content (AvgIpc) is 2.78. The average molecular weight is 258 g/mol. The summed E-state index contributed by atoms with van der Waals surface area (Å²) in [6, 6.07) is 6.72. The summed E-state index contributed by atoms with van der Waals surface area (Å²) in [5, 5.41) is 14.8. The number of carbonyl (C=O) groups excluding carboxylic acids is 3. The molecule has 96 valence electrons. The molecule has 6 heteroatoms. The van der Waals surface area contributed by atoms with Crippen LogP contribution >= 0.6 is 0 Å². The summed E-state index contributed by atoms with van der Waals surface area (Å²) in [7, 11) is 0. The Morgan fingerprint density at radius 1 is 1.26 bits per heavy atom. The quantitative estimate of drug-likeness (QED) is 0.678. The molecule has 0 aromatic heterocycles. The van der Waals surface area contributed by atoms with Crippen molar-refractivity contribution in [1.29, 1.82) is 0 Å². The van der Waals surface area contributed by atoms with Gasteiger partial charge in [0.1, 0.15) is 0 Å². The number of ketones is 1. The summed E-state index contributed by atoms with van der Waals surface area (Å²) in [5.41, 5.74) is -0.840. The molecule has 1 aromatic rings. The lowest BCUT2D eigenvalue weighted by Gasteiger charge is -2.23. The summed E-state index contributed by atoms with van der Waals surface area (Å²) in [5.74, 6) is -2.59. The van der Waals surface area contributed by atoms with Crippen LogP contribution in [0, 0.1) is 0 Å². The SMILES string of the molecule is CC(=O)C1=C(O)C(=O)NC12C(=O)Nc1ccccc12. The van der Waals surface area contributed by atoms with Gasteiger partial charge in [0.15, 0.2) is 17.1 Å². The number of Topliss-reactive ketones (excluding diaryl/α,β-unsaturated/α-hetero) is 1. The first kappa shape index (κ1) is 11.5. The number of aliphatic hydroxyl groups is 1. The molecule has 1 aromatic carbocycles. The van der Waals surface area contributed by atoms with E-state index in [2.05, 4.69) is 10.6 Å². The fourth-order valence-corrected chi connectivity index (χ4v) is 2.64. The highest BCUT2D eigenvalue weighted by molar-refractivity contribution is 6.21. The monoisotopic (exact) mass is 258 g/mol. The minimum absolute atomic E-state index is 0.208. The maximum atomic E-state index is 12.2. The highest BCUT2D eigenvalue weighted by atomic mass is 16.3. The van der Waals surface area contributed by atoms with Gasteiger partial charge in [-0.15, -0.1) is 0 Å². The van der Waals surface area contributed by atoms with Crippen LogP contribution < -0.4 is 10.6 Å². The van der Waals surface area contributed by atoms with E-state index in [0.717, 1.165) is 0 Å². The topological polar surface area (TPSA) is 95.5 Å². The third-order valence-corrected chi connectivity index (χ3v) is 3.40. The zero-order valence-electron chi connectivity index (χ0n) is 9.98. The second-order valence-corrected chi connectivity index (χ2v) is 4.48. The molecule has 6 nitrogen and oxygen atoms in total. The lowest BCUT2D eigenvalue weighted by Crippen LogP contribution is -2.48. The Labute approximate surface area is 108 Å². The van der Waals surface area contributed by atoms with Gasteiger partial charge in [0.05, 0.1) is 5.57 Å². The number of hydrogen-bond acceptors (Lipinski definition) is 4. The van der Waals surface area contributed by atoms with Crippen LogP contribution in [-0.4, -0.2) is 22.7 Å². The molecule has 2 aliphatic rings. The van der Waals surface area contributed by atoms with E-state index in [9.17, 15) is 19.5 Å². The molecule has 19 heavy (non-hydrogen) atoms. The predicted octanol–water partition coefficient (Wildman–Crippen LogP) is 0.365. The molecule has 1 spiro atoms. The number of amides is 2. The van der Waals surface area contributed by atoms with Gasteiger partial charge in [-0.05, 0) is 13.0 Å². The lowest BCUT2D eigenvalue weighted by molar-refractivity contribution is -0.126. The maximum absolute atomic E-state index is 12.2. The van der Waals surface area contributed by atoms with E-state index < -0.39 is 28.9 Å². The van der Waals surface area contributed by atoms with Crippen molar-refractivity contribution in [2.75, 3.05) is 5.32 Å². The molecule has 3 N–H and O–H groups in total. The first-order chi connectivity index (χ1) is 8.98. The molecule has 2 aliphatic heterocycles. The molecule has 0 fully saturated rings. The number of benzene rings is 1. The Kier molecular flexibility index (Phi) is 2.08. The minimum atomic E-state index is -1.61. The Balaban J connectivity index is 2.33. The van der Waals surface area contributed by atoms with Crippen molar-refractivity contribution in [2.24, 2.45) is 0 Å². The molecule has 0 saturated heterocycles. The Morgan fingerprint density at radius 2 is 1.95 bits per heavy atom. The van der Waals surface area contributed by atoms with E-state index in [-0.39, 0.29) is 5.57 Å². The highest BCUT2D eigenvalue weighted by Gasteiger charge is 2.58. The minimum Gasteiger partial charge on any atom is -0.503 e. The number of hydrogen-bond donors (Lipinski definition) is 3. The van der Waals surface area contributed by atoms with Gasteiger partial charge in [-0.2, -0.15) is 0 Å². The van der Waals surface area contributed by atoms with Crippen LogP contribution in [0.25, 0.3) is 0 Å². The van der Waals surface area contributed by atoms with Crippen LogP contribution in [0.5, 0.6) is 0 Å². The van der Waals surface area contributed by atoms with Gasteiger partial charge in [-0.1, -0.05) is 18.2 Å². The number of carbonyl (C=O) groups is 3. The number of anilines is 1. The largest absolute Gasteiger partial charge is 0.503 e. The van der Waals surface area contributed by atoms with Gasteiger partial charge in [0.25, 0.3) is 11.8 Å². The molecular weight excluding hydrogens is 248 g/mol. The van der Waals surface area contributed by atoms with Crippen molar-refractivity contribution < 1.29 is 19.5 Å². The molecule has 0 saturated carbocycles. The summed E-state index contributed by atoms with van der Waals surface area (Å²) in [4.78, 5) is 35.6. The fraction of sp³-hybridized carbons (Fsp3) is 0.154. The van der Waals surface area contributed by atoms with Crippen LogP contribution in [0.1, 0.15) is 12.5 Å². The second kappa shape index (κ2) is 3.44. The second-order valence-electron chi connectivity index (χ2n) is 4.48. The van der Waals surface area contributed by atoms with E-state index in [1.54, 1.807) is 24.3 Å². The molecule has 0 bridgehead atoms. The fourth-order valence-electron chi connectivity index (χ4n) is 2.64. The van der Waals surface area contributed by atoms with Gasteiger partial charge in [0.2, 0.25) is 0 Å². The Bertz CT molecular complexity index is 677. The van der Waals surface area contributed by atoms with Gasteiger partial charge in [-0.25, -0.2) is 0 Å². The molecule has 1 atom stereocenters. The molecule has 2 amide bonds. The maximum Gasteiger partial charge on any atom is 0.288 e. The Morgan fingerprint density at radius 3 is 2.63 bits per heavy atom. The van der Waals surface area contributed by atoms with Crippen LogP contribution in [0.15, 0.2) is 35.6 Å². The van der Waals surface area contributed by atoms with Crippen molar-refractivity contribution >= 4 is 23.3 Å². The number of nitrogens with one attached hydrogen (secondary N) is 2. The summed E-state index contributed by atoms with van der Waals surface area (Å²) in [6.45, 7) is 1.21. The first-order valence-corrected chi connectivity index (χ1v) is 5.66. The number of aliphatic hydroxyl groups excluding tert-OH is 1. The normalized spacial score (nSPS) is 24.5. The van der Waals surface area contributed by atoms with Crippen molar-refractivity contribution in [3.63, 3.8) is 0 Å². The van der Waals surface area contributed by atoms with Crippen LogP contribution in [0.2, 0.25) is 0 Å². The van der Waals surface area contributed by atoms with Crippen LogP contribution in [0.3, 0.4) is 0 Å². The van der Waals surface area contributed by atoms with E-state index in [0.29, 0.717) is 11.3 Å². The van der Waals surface area contributed by atoms with Gasteiger partial charge in [0, 0.05) is 11.3 Å². The zero-order chi connectivity index (χ0) is 13.8. The van der Waals surface area contributed by atoms with Gasteiger partial charge >= 0.3 is 0 Å². The first-order valence-electron chi connectivity index (χ1n) is 5.66. The summed E-state index contributed by atoms with van der Waals surface area (Å²) < 4.78 is 0. The predicted molar refractivity (Wildman–Crippen MR) is 65.2 cm³/mol.